The Balaban J connectivity index is 1.97. The zero-order valence-electron chi connectivity index (χ0n) is 12.8. The Labute approximate surface area is 144 Å². The lowest BCUT2D eigenvalue weighted by Crippen LogP contribution is -2.20. The number of esters is 1. The smallest absolute Gasteiger partial charge is 0.325 e. The highest BCUT2D eigenvalue weighted by atomic mass is 79.9. The minimum atomic E-state index is -0.321. The number of oxime groups is 1. The van der Waals surface area contributed by atoms with Crippen LogP contribution in [-0.2, 0) is 16.2 Å². The van der Waals surface area contributed by atoms with Gasteiger partial charge in [0, 0.05) is 5.56 Å². The molecule has 0 radical (unpaired) electrons. The number of rotatable bonds is 7. The number of benzene rings is 2. The summed E-state index contributed by atoms with van der Waals surface area (Å²) in [6, 6.07) is 17.0. The molecule has 120 valence electrons. The Hall–Kier alpha value is -2.14. The first-order valence-corrected chi connectivity index (χ1v) is 8.26. The number of alkyl halides is 1. The molecule has 0 aliphatic carbocycles. The van der Waals surface area contributed by atoms with Crippen molar-refractivity contribution in [3.63, 3.8) is 0 Å². The maximum atomic E-state index is 11.9. The molecule has 0 aliphatic rings. The zero-order valence-corrected chi connectivity index (χ0v) is 14.4. The molecule has 0 heterocycles. The van der Waals surface area contributed by atoms with Crippen molar-refractivity contribution in [2.24, 2.45) is 5.16 Å². The molecule has 0 spiro atoms. The largest absolute Gasteiger partial charge is 0.425 e. The van der Waals surface area contributed by atoms with Crippen molar-refractivity contribution in [3.8, 4) is 5.75 Å². The van der Waals surface area contributed by atoms with E-state index in [9.17, 15) is 4.79 Å². The monoisotopic (exact) mass is 375 g/mol. The van der Waals surface area contributed by atoms with Crippen LogP contribution in [0.1, 0.15) is 24.5 Å². The fourth-order valence-corrected chi connectivity index (χ4v) is 1.89. The van der Waals surface area contributed by atoms with Crippen molar-refractivity contribution in [3.05, 3.63) is 65.7 Å². The molecule has 23 heavy (non-hydrogen) atoms. The van der Waals surface area contributed by atoms with Crippen LogP contribution in [0.5, 0.6) is 5.75 Å². The Kier molecular flexibility index (Phi) is 6.81. The van der Waals surface area contributed by atoms with Crippen LogP contribution in [0.3, 0.4) is 0 Å². The van der Waals surface area contributed by atoms with Gasteiger partial charge in [-0.1, -0.05) is 70.5 Å². The molecule has 0 fully saturated rings. The summed E-state index contributed by atoms with van der Waals surface area (Å²) in [7, 11) is 0. The first-order chi connectivity index (χ1) is 11.2. The molecule has 1 atom stereocenters. The topological polar surface area (TPSA) is 47.9 Å². The fourth-order valence-electron chi connectivity index (χ4n) is 1.80. The van der Waals surface area contributed by atoms with Gasteiger partial charge in [0.15, 0.2) is 0 Å². The molecule has 0 saturated carbocycles. The van der Waals surface area contributed by atoms with Gasteiger partial charge in [0.05, 0.1) is 6.21 Å². The van der Waals surface area contributed by atoms with Crippen LogP contribution in [0.25, 0.3) is 0 Å². The summed E-state index contributed by atoms with van der Waals surface area (Å²) in [4.78, 5) is 16.8. The molecule has 0 N–H and O–H groups in total. The first kappa shape index (κ1) is 17.2. The number of para-hydroxylation sites is 1. The van der Waals surface area contributed by atoms with Crippen LogP contribution in [-0.4, -0.2) is 17.0 Å². The maximum absolute atomic E-state index is 11.9. The van der Waals surface area contributed by atoms with Crippen molar-refractivity contribution in [1.82, 2.24) is 0 Å². The van der Waals surface area contributed by atoms with Gasteiger partial charge in [0.2, 0.25) is 0 Å². The van der Waals surface area contributed by atoms with E-state index in [1.807, 2.05) is 49.4 Å². The summed E-state index contributed by atoms with van der Waals surface area (Å²) >= 11 is 3.28. The SMILES string of the molecule is CCC(Br)C(=O)Oc1ccccc1C=NOCc1ccccc1. The van der Waals surface area contributed by atoms with E-state index in [1.165, 1.54) is 0 Å². The summed E-state index contributed by atoms with van der Waals surface area (Å²) in [5.41, 5.74) is 1.72. The van der Waals surface area contributed by atoms with E-state index in [0.717, 1.165) is 5.56 Å². The number of nitrogens with zero attached hydrogens (tertiary/aromatic N) is 1. The molecule has 4 nitrogen and oxygen atoms in total. The van der Waals surface area contributed by atoms with Crippen LogP contribution in [0, 0.1) is 0 Å². The number of hydrogen-bond donors (Lipinski definition) is 0. The van der Waals surface area contributed by atoms with Crippen molar-refractivity contribution >= 4 is 28.1 Å². The molecule has 2 rings (SSSR count). The second-order valence-corrected chi connectivity index (χ2v) is 5.93. The Morgan fingerprint density at radius 1 is 1.17 bits per heavy atom. The number of hydrogen-bond acceptors (Lipinski definition) is 4. The summed E-state index contributed by atoms with van der Waals surface area (Å²) < 4.78 is 5.38. The Morgan fingerprint density at radius 2 is 1.87 bits per heavy atom. The average Bonchev–Trinajstić information content (AvgIpc) is 2.60. The second-order valence-electron chi connectivity index (χ2n) is 4.83. The molecular formula is C18H18BrNO3. The van der Waals surface area contributed by atoms with Gasteiger partial charge in [-0.05, 0) is 24.1 Å². The summed E-state index contributed by atoms with van der Waals surface area (Å²) in [6.45, 7) is 2.30. The lowest BCUT2D eigenvalue weighted by atomic mass is 10.2. The number of halogens is 1. The van der Waals surface area contributed by atoms with Gasteiger partial charge in [-0.25, -0.2) is 0 Å². The quantitative estimate of drug-likeness (QED) is 0.238. The molecule has 0 amide bonds. The Bertz CT molecular complexity index is 658. The maximum Gasteiger partial charge on any atom is 0.325 e. The minimum absolute atomic E-state index is 0.318. The van der Waals surface area contributed by atoms with E-state index < -0.39 is 0 Å². The van der Waals surface area contributed by atoms with Crippen molar-refractivity contribution in [1.29, 1.82) is 0 Å². The predicted molar refractivity (Wildman–Crippen MR) is 93.9 cm³/mol. The fraction of sp³-hybridized carbons (Fsp3) is 0.222. The Morgan fingerprint density at radius 3 is 2.61 bits per heavy atom. The van der Waals surface area contributed by atoms with Gasteiger partial charge in [-0.15, -0.1) is 0 Å². The summed E-state index contributed by atoms with van der Waals surface area (Å²) in [5, 5.41) is 3.94. The van der Waals surface area contributed by atoms with E-state index in [0.29, 0.717) is 24.3 Å². The molecule has 5 heteroatoms. The van der Waals surface area contributed by atoms with Crippen LogP contribution in [0.15, 0.2) is 59.8 Å². The second kappa shape index (κ2) is 9.10. The van der Waals surface area contributed by atoms with Crippen LogP contribution >= 0.6 is 15.9 Å². The van der Waals surface area contributed by atoms with Crippen LogP contribution in [0.4, 0.5) is 0 Å². The van der Waals surface area contributed by atoms with Gasteiger partial charge in [0.25, 0.3) is 0 Å². The molecular weight excluding hydrogens is 358 g/mol. The molecule has 0 aliphatic heterocycles. The van der Waals surface area contributed by atoms with Gasteiger partial charge in [-0.3, -0.25) is 4.79 Å². The van der Waals surface area contributed by atoms with Gasteiger partial charge < -0.3 is 9.57 Å². The number of ether oxygens (including phenoxy) is 1. The molecule has 0 saturated heterocycles. The van der Waals surface area contributed by atoms with Crippen molar-refractivity contribution < 1.29 is 14.4 Å². The number of carbonyl (C=O) groups is 1. The molecule has 0 bridgehead atoms. The van der Waals surface area contributed by atoms with E-state index >= 15 is 0 Å². The third kappa shape index (κ3) is 5.53. The van der Waals surface area contributed by atoms with E-state index in [-0.39, 0.29) is 10.8 Å². The lowest BCUT2D eigenvalue weighted by Gasteiger charge is -2.09. The van der Waals surface area contributed by atoms with E-state index in [4.69, 9.17) is 9.57 Å². The summed E-state index contributed by atoms with van der Waals surface area (Å²) in [6.07, 6.45) is 2.20. The van der Waals surface area contributed by atoms with E-state index in [1.54, 1.807) is 18.3 Å². The zero-order chi connectivity index (χ0) is 16.5. The first-order valence-electron chi connectivity index (χ1n) is 7.34. The third-order valence-electron chi connectivity index (χ3n) is 3.08. The average molecular weight is 376 g/mol. The van der Waals surface area contributed by atoms with Crippen molar-refractivity contribution in [2.45, 2.75) is 24.8 Å². The minimum Gasteiger partial charge on any atom is -0.425 e. The molecule has 2 aromatic rings. The van der Waals surface area contributed by atoms with Crippen LogP contribution < -0.4 is 4.74 Å². The molecule has 0 aromatic heterocycles. The summed E-state index contributed by atoms with van der Waals surface area (Å²) in [5.74, 6) is 0.140. The highest BCUT2D eigenvalue weighted by Gasteiger charge is 2.16. The normalized spacial score (nSPS) is 12.1. The number of carbonyl (C=O) groups excluding carboxylic acids is 1. The van der Waals surface area contributed by atoms with Gasteiger partial charge in [-0.2, -0.15) is 0 Å². The lowest BCUT2D eigenvalue weighted by molar-refractivity contribution is -0.133. The van der Waals surface area contributed by atoms with Crippen molar-refractivity contribution in [2.75, 3.05) is 0 Å². The standard InChI is InChI=1S/C18H18BrNO3/c1-2-16(19)18(21)23-17-11-7-6-10-15(17)12-20-22-13-14-8-4-3-5-9-14/h3-12,16H,2,13H2,1H3. The third-order valence-corrected chi connectivity index (χ3v) is 4.11. The van der Waals surface area contributed by atoms with E-state index in [2.05, 4.69) is 21.1 Å². The highest BCUT2D eigenvalue weighted by molar-refractivity contribution is 9.10. The van der Waals surface area contributed by atoms with Crippen LogP contribution in [0.2, 0.25) is 0 Å². The van der Waals surface area contributed by atoms with Gasteiger partial charge >= 0.3 is 5.97 Å². The molecule has 1 unspecified atom stereocenters. The van der Waals surface area contributed by atoms with Gasteiger partial charge in [0.1, 0.15) is 17.2 Å². The highest BCUT2D eigenvalue weighted by Crippen LogP contribution is 2.18. The predicted octanol–water partition coefficient (Wildman–Crippen LogP) is 4.32. The molecule has 2 aromatic carbocycles.